The van der Waals surface area contributed by atoms with Crippen molar-refractivity contribution in [2.75, 3.05) is 18.6 Å². The first-order chi connectivity index (χ1) is 16.9. The van der Waals surface area contributed by atoms with Crippen LogP contribution in [0.4, 0.5) is 8.78 Å². The average Bonchev–Trinajstić information content (AvgIpc) is 3.53. The number of hydrogen-bond donors (Lipinski definition) is 2. The predicted octanol–water partition coefficient (Wildman–Crippen LogP) is 2.92. The molecule has 4 heterocycles. The van der Waals surface area contributed by atoms with Gasteiger partial charge in [-0.05, 0) is 46.9 Å². The van der Waals surface area contributed by atoms with E-state index in [2.05, 4.69) is 5.43 Å². The minimum absolute atomic E-state index is 0.0942. The Labute approximate surface area is 202 Å². The Hall–Kier alpha value is -3.37. The van der Waals surface area contributed by atoms with Gasteiger partial charge in [0.1, 0.15) is 6.10 Å². The number of nitrogens with one attached hydrogen (secondary N) is 1. The maximum Gasteiger partial charge on any atom is 0.278 e. The van der Waals surface area contributed by atoms with Gasteiger partial charge < -0.3 is 14.7 Å². The van der Waals surface area contributed by atoms with Gasteiger partial charge >= 0.3 is 0 Å². The van der Waals surface area contributed by atoms with Crippen LogP contribution in [0.25, 0.3) is 0 Å². The molecule has 1 spiro atoms. The number of carbonyl (C=O) groups excluding carboxylic acids is 1. The zero-order chi connectivity index (χ0) is 24.1. The Bertz CT molecular complexity index is 1510. The summed E-state index contributed by atoms with van der Waals surface area (Å²) < 4.78 is 35.5. The number of ether oxygens (including phenoxy) is 1. The summed E-state index contributed by atoms with van der Waals surface area (Å²) in [6.07, 6.45) is 1.53. The predicted molar refractivity (Wildman–Crippen MR) is 123 cm³/mol. The molecule has 35 heavy (non-hydrogen) atoms. The number of aromatic nitrogens is 1. The summed E-state index contributed by atoms with van der Waals surface area (Å²) in [5.74, 6) is -2.44. The fraction of sp³-hybridized carbons (Fsp3) is 0.280. The van der Waals surface area contributed by atoms with Crippen molar-refractivity contribution in [2.45, 2.75) is 34.8 Å². The molecule has 3 aromatic rings. The van der Waals surface area contributed by atoms with Crippen LogP contribution in [-0.2, 0) is 16.9 Å². The number of halogens is 2. The first-order valence-electron chi connectivity index (χ1n) is 11.3. The Kier molecular flexibility index (Phi) is 4.24. The number of morpholine rings is 1. The normalized spacial score (nSPS) is 25.9. The molecule has 1 amide bonds. The number of benzene rings is 2. The van der Waals surface area contributed by atoms with Gasteiger partial charge in [-0.1, -0.05) is 12.1 Å². The van der Waals surface area contributed by atoms with Gasteiger partial charge in [0, 0.05) is 29.5 Å². The van der Waals surface area contributed by atoms with Gasteiger partial charge in [-0.25, -0.2) is 8.78 Å². The van der Waals surface area contributed by atoms with Crippen LogP contribution in [0.3, 0.4) is 0 Å². The summed E-state index contributed by atoms with van der Waals surface area (Å²) in [7, 11) is 0. The van der Waals surface area contributed by atoms with Crippen molar-refractivity contribution in [3.63, 3.8) is 0 Å². The van der Waals surface area contributed by atoms with Gasteiger partial charge in [-0.2, -0.15) is 0 Å². The van der Waals surface area contributed by atoms with Gasteiger partial charge in [-0.15, -0.1) is 11.8 Å². The lowest BCUT2D eigenvalue weighted by Gasteiger charge is -2.42. The van der Waals surface area contributed by atoms with E-state index >= 15 is 0 Å². The number of amides is 1. The summed E-state index contributed by atoms with van der Waals surface area (Å²) in [6.45, 7) is 0.629. The number of nitrogens with zero attached hydrogens (tertiary/aromatic N) is 2. The molecular formula is C25H19F2N3O4S. The van der Waals surface area contributed by atoms with Crippen LogP contribution >= 0.6 is 11.8 Å². The monoisotopic (exact) mass is 495 g/mol. The molecule has 2 N–H and O–H groups in total. The fourth-order valence-electron chi connectivity index (χ4n) is 5.82. The molecule has 1 saturated carbocycles. The second kappa shape index (κ2) is 7.08. The SMILES string of the molecule is O=C1c2c(O)c(=O)ccn2N[C@@]23C(c4cccc5c4Cc4cc(F)c(F)cc4CS5)[C@@H]2OCCN13. The molecule has 3 aliphatic heterocycles. The summed E-state index contributed by atoms with van der Waals surface area (Å²) in [4.78, 5) is 28.1. The van der Waals surface area contributed by atoms with Crippen LogP contribution in [0.2, 0.25) is 0 Å². The number of fused-ring (bicyclic) bond motifs is 3. The second-order valence-electron chi connectivity index (χ2n) is 9.23. The maximum atomic E-state index is 14.1. The molecule has 178 valence electrons. The molecule has 1 aliphatic carbocycles. The second-order valence-corrected chi connectivity index (χ2v) is 10.3. The fourth-order valence-corrected chi connectivity index (χ4v) is 6.94. The molecular weight excluding hydrogens is 476 g/mol. The van der Waals surface area contributed by atoms with Gasteiger partial charge in [0.05, 0.1) is 12.5 Å². The Balaban J connectivity index is 1.35. The van der Waals surface area contributed by atoms with E-state index in [-0.39, 0.29) is 17.7 Å². The van der Waals surface area contributed by atoms with Crippen LogP contribution in [0.5, 0.6) is 5.75 Å². The van der Waals surface area contributed by atoms with Gasteiger partial charge in [0.25, 0.3) is 5.91 Å². The number of pyridine rings is 1. The highest BCUT2D eigenvalue weighted by molar-refractivity contribution is 7.98. The largest absolute Gasteiger partial charge is 0.502 e. The zero-order valence-electron chi connectivity index (χ0n) is 18.3. The van der Waals surface area contributed by atoms with Crippen LogP contribution in [-0.4, -0.2) is 45.5 Å². The zero-order valence-corrected chi connectivity index (χ0v) is 19.1. The van der Waals surface area contributed by atoms with Crippen molar-refractivity contribution in [1.82, 2.24) is 9.58 Å². The minimum Gasteiger partial charge on any atom is -0.502 e. The van der Waals surface area contributed by atoms with E-state index in [1.54, 1.807) is 16.7 Å². The van der Waals surface area contributed by atoms with Crippen molar-refractivity contribution >= 4 is 17.7 Å². The average molecular weight is 496 g/mol. The van der Waals surface area contributed by atoms with Crippen LogP contribution in [0, 0.1) is 11.6 Å². The summed E-state index contributed by atoms with van der Waals surface area (Å²) >= 11 is 1.58. The molecule has 3 atom stereocenters. The smallest absolute Gasteiger partial charge is 0.278 e. The molecule has 7 nitrogen and oxygen atoms in total. The summed E-state index contributed by atoms with van der Waals surface area (Å²) in [6, 6.07) is 9.70. The van der Waals surface area contributed by atoms with E-state index in [1.165, 1.54) is 29.1 Å². The van der Waals surface area contributed by atoms with E-state index in [1.807, 2.05) is 18.2 Å². The lowest BCUT2D eigenvalue weighted by atomic mass is 9.94. The highest BCUT2D eigenvalue weighted by atomic mass is 32.2. The molecule has 0 radical (unpaired) electrons. The Morgan fingerprint density at radius 1 is 1.14 bits per heavy atom. The van der Waals surface area contributed by atoms with Crippen molar-refractivity contribution in [1.29, 1.82) is 0 Å². The van der Waals surface area contributed by atoms with Crippen LogP contribution in [0.1, 0.15) is 38.7 Å². The molecule has 4 aliphatic rings. The highest BCUT2D eigenvalue weighted by Crippen LogP contribution is 2.61. The third-order valence-corrected chi connectivity index (χ3v) is 8.63. The van der Waals surface area contributed by atoms with E-state index in [4.69, 9.17) is 4.74 Å². The summed E-state index contributed by atoms with van der Waals surface area (Å²) in [5.41, 5.74) is 5.22. The summed E-state index contributed by atoms with van der Waals surface area (Å²) in [5, 5.41) is 10.3. The molecule has 0 bridgehead atoms. The van der Waals surface area contributed by atoms with Crippen molar-refractivity contribution in [3.05, 3.63) is 92.4 Å². The Morgan fingerprint density at radius 2 is 1.94 bits per heavy atom. The molecule has 2 fully saturated rings. The van der Waals surface area contributed by atoms with Gasteiger partial charge in [0.2, 0.25) is 5.43 Å². The number of rotatable bonds is 1. The van der Waals surface area contributed by atoms with Gasteiger partial charge in [0.15, 0.2) is 28.7 Å². The van der Waals surface area contributed by atoms with Crippen molar-refractivity contribution in [3.8, 4) is 5.75 Å². The van der Waals surface area contributed by atoms with E-state index in [0.29, 0.717) is 25.3 Å². The maximum absolute atomic E-state index is 14.1. The quantitative estimate of drug-likeness (QED) is 0.540. The Morgan fingerprint density at radius 3 is 2.77 bits per heavy atom. The first-order valence-corrected chi connectivity index (χ1v) is 12.3. The molecule has 1 unspecified atom stereocenters. The lowest BCUT2D eigenvalue weighted by Crippen LogP contribution is -2.61. The molecule has 10 heteroatoms. The van der Waals surface area contributed by atoms with Gasteiger partial charge in [-0.3, -0.25) is 19.7 Å². The third-order valence-electron chi connectivity index (χ3n) is 7.48. The van der Waals surface area contributed by atoms with E-state index in [0.717, 1.165) is 27.1 Å². The van der Waals surface area contributed by atoms with Crippen LogP contribution in [0.15, 0.2) is 52.3 Å². The first kappa shape index (κ1) is 21.0. The number of aromatic hydroxyl groups is 1. The van der Waals surface area contributed by atoms with Crippen molar-refractivity contribution in [2.24, 2.45) is 0 Å². The van der Waals surface area contributed by atoms with E-state index in [9.17, 15) is 23.5 Å². The molecule has 1 saturated heterocycles. The third kappa shape index (κ3) is 2.75. The topological polar surface area (TPSA) is 83.8 Å². The standard InChI is InChI=1S/C25H19F2N3O4S/c26-16-9-12-8-15-14(2-1-3-19(15)35-11-13(12)10-17(16)27)20-23-25(20)28-30-5-4-18(31)22(32)21(30)24(33)29(25)6-7-34-23/h1-5,9-10,20,23,28,32H,6-8,11H2/t20?,23-,25+/m0/s1. The molecule has 7 rings (SSSR count). The lowest BCUT2D eigenvalue weighted by molar-refractivity contribution is -0.00509. The van der Waals surface area contributed by atoms with Crippen LogP contribution < -0.4 is 10.9 Å². The van der Waals surface area contributed by atoms with E-state index < -0.39 is 34.4 Å². The number of hydrogen-bond acceptors (Lipinski definition) is 6. The van der Waals surface area contributed by atoms with Crippen molar-refractivity contribution < 1.29 is 23.4 Å². The minimum atomic E-state index is -0.882. The number of carbonyl (C=O) groups is 1. The highest BCUT2D eigenvalue weighted by Gasteiger charge is 2.75. The number of thioether (sulfide) groups is 1. The molecule has 2 aromatic carbocycles. The molecule has 1 aromatic heterocycles.